The van der Waals surface area contributed by atoms with Gasteiger partial charge in [-0.3, -0.25) is 9.36 Å². The average Bonchev–Trinajstić information content (AvgIpc) is 3.20. The van der Waals surface area contributed by atoms with Crippen LogP contribution in [0.15, 0.2) is 23.5 Å². The van der Waals surface area contributed by atoms with E-state index in [1.807, 2.05) is 6.92 Å². The normalized spacial score (nSPS) is 11.9. The fraction of sp³-hybridized carbons (Fsp3) is 0.400. The first-order valence-electron chi connectivity index (χ1n) is 7.83. The summed E-state index contributed by atoms with van der Waals surface area (Å²) in [6.07, 6.45) is 6.76. The summed E-state index contributed by atoms with van der Waals surface area (Å²) in [5.41, 5.74) is 1.40. The monoisotopic (exact) mass is 311 g/mol. The molecule has 0 spiro atoms. The topological polar surface area (TPSA) is 82.9 Å². The van der Waals surface area contributed by atoms with Crippen molar-refractivity contribution in [1.82, 2.24) is 33.9 Å². The summed E-state index contributed by atoms with van der Waals surface area (Å²) < 4.78 is 5.20. The summed E-state index contributed by atoms with van der Waals surface area (Å²) in [6, 6.07) is 0. The highest BCUT2D eigenvalue weighted by Gasteiger charge is 2.17. The van der Waals surface area contributed by atoms with Crippen molar-refractivity contribution in [2.75, 3.05) is 0 Å². The smallest absolute Gasteiger partial charge is 0.264 e. The van der Waals surface area contributed by atoms with E-state index < -0.39 is 0 Å². The van der Waals surface area contributed by atoms with Crippen molar-refractivity contribution in [3.8, 4) is 0 Å². The summed E-state index contributed by atoms with van der Waals surface area (Å²) in [4.78, 5) is 21.6. The molecule has 4 aromatic heterocycles. The van der Waals surface area contributed by atoms with E-state index in [-0.39, 0.29) is 5.56 Å². The van der Waals surface area contributed by atoms with Crippen LogP contribution in [0.4, 0.5) is 0 Å². The molecule has 0 amide bonds. The Kier molecular flexibility index (Phi) is 3.10. The molecule has 23 heavy (non-hydrogen) atoms. The van der Waals surface area contributed by atoms with E-state index in [4.69, 9.17) is 0 Å². The highest BCUT2D eigenvalue weighted by molar-refractivity contribution is 6.02. The number of aromatic nitrogens is 7. The minimum absolute atomic E-state index is 0.0763. The largest absolute Gasteiger partial charge is 0.276 e. The molecule has 0 radical (unpaired) electrons. The van der Waals surface area contributed by atoms with Gasteiger partial charge in [-0.25, -0.2) is 9.67 Å². The lowest BCUT2D eigenvalue weighted by atomic mass is 10.2. The lowest BCUT2D eigenvalue weighted by Gasteiger charge is -2.09. The van der Waals surface area contributed by atoms with Gasteiger partial charge in [0.05, 0.1) is 22.5 Å². The molecule has 0 saturated heterocycles. The number of aryl methyl sites for hydroxylation is 2. The first kappa shape index (κ1) is 13.9. The first-order chi connectivity index (χ1) is 11.3. The number of hydrogen-bond donors (Lipinski definition) is 0. The van der Waals surface area contributed by atoms with Crippen LogP contribution in [0.2, 0.25) is 0 Å². The Morgan fingerprint density at radius 2 is 1.96 bits per heavy atom. The molecule has 0 aliphatic heterocycles. The molecule has 8 nitrogen and oxygen atoms in total. The van der Waals surface area contributed by atoms with Crippen LogP contribution in [0.1, 0.15) is 26.7 Å². The van der Waals surface area contributed by atoms with Crippen molar-refractivity contribution in [1.29, 1.82) is 0 Å². The van der Waals surface area contributed by atoms with Crippen LogP contribution in [-0.2, 0) is 13.1 Å². The van der Waals surface area contributed by atoms with Crippen molar-refractivity contribution >= 4 is 27.7 Å². The standard InChI is InChI=1S/C15H17N7O/c1-3-5-6-20-14(23)11-7-16-13-10(8-18-21(13)4-2)12(11)22-15(20)17-9-19-22/h7-9H,3-6H2,1-2H3. The van der Waals surface area contributed by atoms with Crippen molar-refractivity contribution in [3.63, 3.8) is 0 Å². The molecule has 0 N–H and O–H groups in total. The number of unbranched alkanes of at least 4 members (excludes halogenated alkanes) is 1. The minimum atomic E-state index is -0.0763. The third kappa shape index (κ3) is 1.87. The molecule has 118 valence electrons. The second-order valence-electron chi connectivity index (χ2n) is 5.50. The highest BCUT2D eigenvalue weighted by Crippen LogP contribution is 2.21. The fourth-order valence-electron chi connectivity index (χ4n) is 2.96. The molecule has 0 unspecified atom stereocenters. The number of rotatable bonds is 4. The van der Waals surface area contributed by atoms with Crippen LogP contribution >= 0.6 is 0 Å². The van der Waals surface area contributed by atoms with Crippen LogP contribution in [0, 0.1) is 0 Å². The maximum Gasteiger partial charge on any atom is 0.264 e. The predicted octanol–water partition coefficient (Wildman–Crippen LogP) is 1.61. The highest BCUT2D eigenvalue weighted by atomic mass is 16.1. The molecule has 0 fully saturated rings. The fourth-order valence-corrected chi connectivity index (χ4v) is 2.96. The van der Waals surface area contributed by atoms with Gasteiger partial charge in [0, 0.05) is 19.3 Å². The Balaban J connectivity index is 2.17. The summed E-state index contributed by atoms with van der Waals surface area (Å²) in [5.74, 6) is 0.563. The third-order valence-corrected chi connectivity index (χ3v) is 4.13. The van der Waals surface area contributed by atoms with Gasteiger partial charge in [-0.2, -0.15) is 19.7 Å². The van der Waals surface area contributed by atoms with Crippen LogP contribution < -0.4 is 5.56 Å². The molecule has 4 rings (SSSR count). The number of pyridine rings is 1. The van der Waals surface area contributed by atoms with Crippen molar-refractivity contribution in [2.24, 2.45) is 0 Å². The maximum absolute atomic E-state index is 12.9. The Hall–Kier alpha value is -2.77. The van der Waals surface area contributed by atoms with Crippen LogP contribution in [0.5, 0.6) is 0 Å². The van der Waals surface area contributed by atoms with Gasteiger partial charge in [-0.15, -0.1) is 0 Å². The second-order valence-corrected chi connectivity index (χ2v) is 5.50. The number of nitrogens with zero attached hydrogens (tertiary/aromatic N) is 7. The first-order valence-corrected chi connectivity index (χ1v) is 7.83. The number of hydrogen-bond acceptors (Lipinski definition) is 5. The zero-order chi connectivity index (χ0) is 16.0. The van der Waals surface area contributed by atoms with Gasteiger partial charge >= 0.3 is 0 Å². The molecule has 4 aromatic rings. The maximum atomic E-state index is 12.9. The summed E-state index contributed by atoms with van der Waals surface area (Å²) >= 11 is 0. The lowest BCUT2D eigenvalue weighted by Crippen LogP contribution is -2.24. The summed E-state index contributed by atoms with van der Waals surface area (Å²) in [6.45, 7) is 5.44. The average molecular weight is 311 g/mol. The van der Waals surface area contributed by atoms with Gasteiger partial charge < -0.3 is 0 Å². The molecule has 0 bridgehead atoms. The zero-order valence-corrected chi connectivity index (χ0v) is 13.1. The second kappa shape index (κ2) is 5.15. The van der Waals surface area contributed by atoms with E-state index in [2.05, 4.69) is 27.1 Å². The molecule has 0 aliphatic rings. The van der Waals surface area contributed by atoms with E-state index in [0.717, 1.165) is 35.9 Å². The summed E-state index contributed by atoms with van der Waals surface area (Å²) in [5, 5.41) is 10.0. The van der Waals surface area contributed by atoms with Crippen LogP contribution in [0.25, 0.3) is 27.7 Å². The molecule has 0 saturated carbocycles. The minimum Gasteiger partial charge on any atom is -0.276 e. The van der Waals surface area contributed by atoms with Gasteiger partial charge in [-0.1, -0.05) is 13.3 Å². The molecular weight excluding hydrogens is 294 g/mol. The van der Waals surface area contributed by atoms with Gasteiger partial charge in [0.15, 0.2) is 5.65 Å². The van der Waals surface area contributed by atoms with Crippen LogP contribution in [-0.4, -0.2) is 33.9 Å². The van der Waals surface area contributed by atoms with E-state index >= 15 is 0 Å². The molecular formula is C15H17N7O. The van der Waals surface area contributed by atoms with E-state index in [9.17, 15) is 4.79 Å². The molecule has 0 aliphatic carbocycles. The molecule has 8 heteroatoms. The summed E-state index contributed by atoms with van der Waals surface area (Å²) in [7, 11) is 0. The molecule has 4 heterocycles. The van der Waals surface area contributed by atoms with E-state index in [0.29, 0.717) is 17.7 Å². The Morgan fingerprint density at radius 1 is 1.09 bits per heavy atom. The number of fused-ring (bicyclic) bond motifs is 5. The quantitative estimate of drug-likeness (QED) is 0.572. The Labute approximate surface area is 131 Å². The van der Waals surface area contributed by atoms with Gasteiger partial charge in [0.1, 0.15) is 6.33 Å². The van der Waals surface area contributed by atoms with Gasteiger partial charge in [0.2, 0.25) is 5.78 Å². The van der Waals surface area contributed by atoms with E-state index in [1.165, 1.54) is 6.33 Å². The Morgan fingerprint density at radius 3 is 2.74 bits per heavy atom. The van der Waals surface area contributed by atoms with Crippen molar-refractivity contribution < 1.29 is 0 Å². The van der Waals surface area contributed by atoms with Gasteiger partial charge in [0.25, 0.3) is 5.56 Å². The Bertz CT molecular complexity index is 1070. The van der Waals surface area contributed by atoms with Crippen molar-refractivity contribution in [2.45, 2.75) is 39.8 Å². The van der Waals surface area contributed by atoms with Crippen LogP contribution in [0.3, 0.4) is 0 Å². The van der Waals surface area contributed by atoms with Crippen molar-refractivity contribution in [3.05, 3.63) is 29.1 Å². The molecule has 0 atom stereocenters. The predicted molar refractivity (Wildman–Crippen MR) is 86.4 cm³/mol. The lowest BCUT2D eigenvalue weighted by molar-refractivity contribution is 0.619. The van der Waals surface area contributed by atoms with Gasteiger partial charge in [-0.05, 0) is 13.3 Å². The molecule has 0 aromatic carbocycles. The third-order valence-electron chi connectivity index (χ3n) is 4.13. The SMILES string of the molecule is CCCCn1c(=O)c2cnc3c(cnn3CC)c2n2ncnc12. The van der Waals surface area contributed by atoms with E-state index in [1.54, 1.807) is 26.2 Å². The zero-order valence-electron chi connectivity index (χ0n) is 13.1.